The average molecular weight is 511 g/mol. The molecule has 0 saturated carbocycles. The lowest BCUT2D eigenvalue weighted by atomic mass is 9.86. The van der Waals surface area contributed by atoms with Gasteiger partial charge in [0.25, 0.3) is 0 Å². The highest BCUT2D eigenvalue weighted by molar-refractivity contribution is 5.93. The molecule has 6 aromatic rings. The second kappa shape index (κ2) is 9.52. The van der Waals surface area contributed by atoms with E-state index in [9.17, 15) is 5.11 Å². The first-order chi connectivity index (χ1) is 18.8. The zero-order valence-corrected chi connectivity index (χ0v) is 22.6. The SMILES string of the molecule is Cn1c(-c2cc(C(C)(C)C)ccc2O)nc2c(-c3cccc(-c4cc(-c5ccccc5)ccn4)c3)ccnc21. The molecule has 192 valence electrons. The fourth-order valence-electron chi connectivity index (χ4n) is 4.98. The molecule has 0 aliphatic heterocycles. The number of hydrogen-bond acceptors (Lipinski definition) is 4. The van der Waals surface area contributed by atoms with Gasteiger partial charge in [-0.2, -0.15) is 0 Å². The number of aromatic hydroxyl groups is 1. The molecule has 0 bridgehead atoms. The molecule has 39 heavy (non-hydrogen) atoms. The number of hydrogen-bond donors (Lipinski definition) is 1. The van der Waals surface area contributed by atoms with Crippen molar-refractivity contribution in [2.75, 3.05) is 0 Å². The van der Waals surface area contributed by atoms with E-state index in [1.807, 2.05) is 66.5 Å². The summed E-state index contributed by atoms with van der Waals surface area (Å²) in [6.45, 7) is 6.49. The van der Waals surface area contributed by atoms with Crippen LogP contribution in [-0.4, -0.2) is 24.6 Å². The van der Waals surface area contributed by atoms with E-state index in [2.05, 4.69) is 73.2 Å². The molecule has 0 aliphatic rings. The van der Waals surface area contributed by atoms with Gasteiger partial charge in [0.1, 0.15) is 17.1 Å². The summed E-state index contributed by atoms with van der Waals surface area (Å²) in [4.78, 5) is 14.3. The van der Waals surface area contributed by atoms with Gasteiger partial charge in [0, 0.05) is 30.6 Å². The van der Waals surface area contributed by atoms with Gasteiger partial charge in [-0.3, -0.25) is 4.98 Å². The summed E-state index contributed by atoms with van der Waals surface area (Å²) < 4.78 is 1.95. The van der Waals surface area contributed by atoms with E-state index in [0.717, 1.165) is 50.2 Å². The highest BCUT2D eigenvalue weighted by atomic mass is 16.3. The lowest BCUT2D eigenvalue weighted by molar-refractivity contribution is 0.475. The minimum absolute atomic E-state index is 0.0528. The summed E-state index contributed by atoms with van der Waals surface area (Å²) in [7, 11) is 1.94. The molecule has 3 aromatic heterocycles. The predicted molar refractivity (Wildman–Crippen MR) is 158 cm³/mol. The molecule has 1 N–H and O–H groups in total. The van der Waals surface area contributed by atoms with Crippen molar-refractivity contribution in [2.24, 2.45) is 7.05 Å². The average Bonchev–Trinajstić information content (AvgIpc) is 3.29. The molecule has 5 nitrogen and oxygen atoms in total. The highest BCUT2D eigenvalue weighted by Crippen LogP contribution is 2.37. The third kappa shape index (κ3) is 4.57. The Morgan fingerprint density at radius 2 is 1.41 bits per heavy atom. The van der Waals surface area contributed by atoms with Crippen LogP contribution in [0, 0.1) is 0 Å². The Labute approximate surface area is 228 Å². The molecule has 0 fully saturated rings. The standard InChI is InChI=1S/C34H30N4O/c1-34(2,3)26-13-14-30(39)28(21-26)32-37-31-27(16-18-36-33(31)38(32)4)24-11-8-12-25(19-24)29-20-23(15-17-35-29)22-9-6-5-7-10-22/h5-21,39H,1-4H3. The Morgan fingerprint density at radius 1 is 0.667 bits per heavy atom. The van der Waals surface area contributed by atoms with Crippen molar-refractivity contribution >= 4 is 11.2 Å². The molecule has 0 spiro atoms. The Kier molecular flexibility index (Phi) is 5.99. The zero-order valence-electron chi connectivity index (χ0n) is 22.6. The van der Waals surface area contributed by atoms with E-state index < -0.39 is 0 Å². The van der Waals surface area contributed by atoms with Gasteiger partial charge in [-0.1, -0.05) is 75.4 Å². The van der Waals surface area contributed by atoms with E-state index in [-0.39, 0.29) is 11.2 Å². The van der Waals surface area contributed by atoms with E-state index >= 15 is 0 Å². The normalized spacial score (nSPS) is 11.7. The van der Waals surface area contributed by atoms with Gasteiger partial charge in [-0.15, -0.1) is 0 Å². The van der Waals surface area contributed by atoms with Crippen LogP contribution >= 0.6 is 0 Å². The predicted octanol–water partition coefficient (Wildman–Crippen LogP) is 8.03. The first-order valence-corrected chi connectivity index (χ1v) is 13.1. The van der Waals surface area contributed by atoms with E-state index in [1.165, 1.54) is 0 Å². The van der Waals surface area contributed by atoms with Crippen molar-refractivity contribution in [3.8, 4) is 50.6 Å². The van der Waals surface area contributed by atoms with Crippen LogP contribution in [0.25, 0.3) is 56.1 Å². The molecule has 3 aromatic carbocycles. The first kappa shape index (κ1) is 24.6. The molecule has 3 heterocycles. The fraction of sp³-hybridized carbons (Fsp3) is 0.147. The third-order valence-corrected chi connectivity index (χ3v) is 7.20. The summed E-state index contributed by atoms with van der Waals surface area (Å²) >= 11 is 0. The Morgan fingerprint density at radius 3 is 2.21 bits per heavy atom. The van der Waals surface area contributed by atoms with Gasteiger partial charge in [0.2, 0.25) is 0 Å². The summed E-state index contributed by atoms with van der Waals surface area (Å²) in [5.41, 5.74) is 9.57. The van der Waals surface area contributed by atoms with Crippen LogP contribution < -0.4 is 0 Å². The van der Waals surface area contributed by atoms with Crippen molar-refractivity contribution in [3.63, 3.8) is 0 Å². The second-order valence-corrected chi connectivity index (χ2v) is 10.9. The molecular weight excluding hydrogens is 480 g/mol. The number of phenols is 1. The largest absolute Gasteiger partial charge is 0.507 e. The van der Waals surface area contributed by atoms with Crippen LogP contribution in [0.4, 0.5) is 0 Å². The molecule has 0 radical (unpaired) electrons. The molecule has 6 rings (SSSR count). The second-order valence-electron chi connectivity index (χ2n) is 10.9. The minimum Gasteiger partial charge on any atom is -0.507 e. The van der Waals surface area contributed by atoms with Gasteiger partial charge < -0.3 is 9.67 Å². The lowest BCUT2D eigenvalue weighted by Gasteiger charge is -2.20. The number of imidazole rings is 1. The van der Waals surface area contributed by atoms with Crippen LogP contribution in [0.15, 0.2) is 103 Å². The monoisotopic (exact) mass is 510 g/mol. The van der Waals surface area contributed by atoms with Crippen LogP contribution in [-0.2, 0) is 12.5 Å². The van der Waals surface area contributed by atoms with E-state index in [1.54, 1.807) is 6.07 Å². The molecule has 0 amide bonds. The maximum atomic E-state index is 10.8. The number of rotatable bonds is 4. The maximum absolute atomic E-state index is 10.8. The maximum Gasteiger partial charge on any atom is 0.160 e. The van der Waals surface area contributed by atoms with E-state index in [4.69, 9.17) is 4.98 Å². The van der Waals surface area contributed by atoms with Crippen LogP contribution in [0.2, 0.25) is 0 Å². The Hall–Kier alpha value is -4.77. The van der Waals surface area contributed by atoms with E-state index in [0.29, 0.717) is 11.4 Å². The van der Waals surface area contributed by atoms with Crippen molar-refractivity contribution < 1.29 is 5.11 Å². The number of fused-ring (bicyclic) bond motifs is 1. The minimum atomic E-state index is -0.0528. The molecule has 5 heteroatoms. The Bertz CT molecular complexity index is 1810. The number of nitrogens with zero attached hydrogens (tertiary/aromatic N) is 4. The molecule has 0 saturated heterocycles. The van der Waals surface area contributed by atoms with Crippen molar-refractivity contribution in [1.82, 2.24) is 19.5 Å². The molecule has 0 atom stereocenters. The number of aromatic nitrogens is 4. The van der Waals surface area contributed by atoms with Gasteiger partial charge in [0.05, 0.1) is 11.3 Å². The molecular formula is C34H30N4O. The lowest BCUT2D eigenvalue weighted by Crippen LogP contribution is -2.11. The zero-order chi connectivity index (χ0) is 27.1. The quantitative estimate of drug-likeness (QED) is 0.261. The van der Waals surface area contributed by atoms with Crippen LogP contribution in [0.1, 0.15) is 26.3 Å². The number of benzene rings is 3. The topological polar surface area (TPSA) is 63.8 Å². The molecule has 0 unspecified atom stereocenters. The van der Waals surface area contributed by atoms with Gasteiger partial charge in [0.15, 0.2) is 5.65 Å². The fourth-order valence-corrected chi connectivity index (χ4v) is 4.98. The van der Waals surface area contributed by atoms with Crippen molar-refractivity contribution in [1.29, 1.82) is 0 Å². The van der Waals surface area contributed by atoms with Gasteiger partial charge >= 0.3 is 0 Å². The van der Waals surface area contributed by atoms with Gasteiger partial charge in [-0.25, -0.2) is 9.97 Å². The van der Waals surface area contributed by atoms with Gasteiger partial charge in [-0.05, 0) is 64.1 Å². The number of aryl methyl sites for hydroxylation is 1. The molecule has 0 aliphatic carbocycles. The van der Waals surface area contributed by atoms with Crippen LogP contribution in [0.5, 0.6) is 5.75 Å². The summed E-state index contributed by atoms with van der Waals surface area (Å²) in [6.07, 6.45) is 3.67. The number of pyridine rings is 2. The highest BCUT2D eigenvalue weighted by Gasteiger charge is 2.21. The summed E-state index contributed by atoms with van der Waals surface area (Å²) in [5, 5.41) is 10.8. The third-order valence-electron chi connectivity index (χ3n) is 7.20. The summed E-state index contributed by atoms with van der Waals surface area (Å²) in [6, 6.07) is 30.6. The van der Waals surface area contributed by atoms with Crippen molar-refractivity contribution in [3.05, 3.63) is 109 Å². The Balaban J connectivity index is 1.45. The smallest absolute Gasteiger partial charge is 0.160 e. The number of phenolic OH excluding ortho intramolecular Hbond substituents is 1. The van der Waals surface area contributed by atoms with Crippen molar-refractivity contribution in [2.45, 2.75) is 26.2 Å². The summed E-state index contributed by atoms with van der Waals surface area (Å²) in [5.74, 6) is 0.885. The van der Waals surface area contributed by atoms with Crippen LogP contribution in [0.3, 0.4) is 0 Å². The first-order valence-electron chi connectivity index (χ1n) is 13.1.